The Morgan fingerprint density at radius 2 is 1.75 bits per heavy atom. The molecule has 5 nitrogen and oxygen atoms in total. The molecule has 0 unspecified atom stereocenters. The number of halogens is 4. The van der Waals surface area contributed by atoms with Gasteiger partial charge in [-0.15, -0.1) is 0 Å². The van der Waals surface area contributed by atoms with Crippen LogP contribution < -0.4 is 5.32 Å². The van der Waals surface area contributed by atoms with E-state index in [2.05, 4.69) is 27.9 Å². The summed E-state index contributed by atoms with van der Waals surface area (Å²) < 4.78 is 39.5. The van der Waals surface area contributed by atoms with Crippen molar-refractivity contribution in [2.45, 2.75) is 30.5 Å². The molecule has 0 saturated carbocycles. The standard InChI is InChI=1S/C22H23F3IN3O2S/c1-28(2)21(31)32-16-6-3-14(4-7-16)13-27-19-17-10-12-29(20(30)22(23,24)25)11-9-15(17)5-8-18(19)26/h3-8,27H,9-13H2,1-2H3. The highest BCUT2D eigenvalue weighted by Crippen LogP contribution is 2.31. The van der Waals surface area contributed by atoms with Gasteiger partial charge in [-0.2, -0.15) is 13.2 Å². The van der Waals surface area contributed by atoms with Gasteiger partial charge in [0.15, 0.2) is 0 Å². The van der Waals surface area contributed by atoms with Crippen LogP contribution in [0, 0.1) is 3.57 Å². The smallest absolute Gasteiger partial charge is 0.380 e. The van der Waals surface area contributed by atoms with Crippen molar-refractivity contribution in [3.63, 3.8) is 0 Å². The summed E-state index contributed by atoms with van der Waals surface area (Å²) in [5, 5.41) is 3.38. The van der Waals surface area contributed by atoms with Crippen molar-refractivity contribution in [1.82, 2.24) is 9.80 Å². The molecule has 0 bridgehead atoms. The van der Waals surface area contributed by atoms with Crippen molar-refractivity contribution in [2.24, 2.45) is 0 Å². The van der Waals surface area contributed by atoms with Gasteiger partial charge in [0.1, 0.15) is 0 Å². The highest BCUT2D eigenvalue weighted by Gasteiger charge is 2.42. The molecular formula is C22H23F3IN3O2S. The fourth-order valence-corrected chi connectivity index (χ4v) is 4.78. The molecule has 2 amide bonds. The first-order chi connectivity index (χ1) is 15.1. The SMILES string of the molecule is CN(C)C(=O)Sc1ccc(CNc2c(I)ccc3c2CCN(C(=O)C(F)(F)F)CC3)cc1. The lowest BCUT2D eigenvalue weighted by atomic mass is 10.0. The fraction of sp³-hybridized carbons (Fsp3) is 0.364. The van der Waals surface area contributed by atoms with Gasteiger partial charge in [-0.05, 0) is 82.1 Å². The Morgan fingerprint density at radius 3 is 2.38 bits per heavy atom. The van der Waals surface area contributed by atoms with E-state index in [-0.39, 0.29) is 18.3 Å². The van der Waals surface area contributed by atoms with Gasteiger partial charge in [-0.25, -0.2) is 0 Å². The van der Waals surface area contributed by atoms with Gasteiger partial charge in [-0.1, -0.05) is 18.2 Å². The third-order valence-electron chi connectivity index (χ3n) is 5.13. The molecule has 0 radical (unpaired) electrons. The molecule has 0 saturated heterocycles. The Balaban J connectivity index is 1.70. The maximum absolute atomic E-state index is 12.9. The molecule has 0 fully saturated rings. The number of rotatable bonds is 4. The molecule has 10 heteroatoms. The van der Waals surface area contributed by atoms with E-state index < -0.39 is 12.1 Å². The number of carbonyl (C=O) groups excluding carboxylic acids is 2. The number of hydrogen-bond acceptors (Lipinski definition) is 4. The number of hydrogen-bond donors (Lipinski definition) is 1. The Bertz CT molecular complexity index is 997. The van der Waals surface area contributed by atoms with Crippen molar-refractivity contribution in [1.29, 1.82) is 0 Å². The molecule has 2 aromatic rings. The number of nitrogens with zero attached hydrogens (tertiary/aromatic N) is 2. The first-order valence-corrected chi connectivity index (χ1v) is 11.8. The van der Waals surface area contributed by atoms with Gasteiger partial charge < -0.3 is 15.1 Å². The maximum atomic E-state index is 12.9. The minimum Gasteiger partial charge on any atom is -0.380 e. The van der Waals surface area contributed by atoms with Gasteiger partial charge in [0.2, 0.25) is 0 Å². The number of alkyl halides is 3. The number of anilines is 1. The fourth-order valence-electron chi connectivity index (χ4n) is 3.43. The van der Waals surface area contributed by atoms with E-state index in [1.165, 1.54) is 4.90 Å². The van der Waals surface area contributed by atoms with Crippen LogP contribution in [0.3, 0.4) is 0 Å². The number of thioether (sulfide) groups is 1. The third kappa shape index (κ3) is 6.09. The van der Waals surface area contributed by atoms with Crippen LogP contribution in [0.1, 0.15) is 16.7 Å². The van der Waals surface area contributed by atoms with Crippen LogP contribution >= 0.6 is 34.4 Å². The zero-order valence-electron chi connectivity index (χ0n) is 17.6. The monoisotopic (exact) mass is 577 g/mol. The summed E-state index contributed by atoms with van der Waals surface area (Å²) in [5.74, 6) is -1.78. The molecule has 172 valence electrons. The van der Waals surface area contributed by atoms with Gasteiger partial charge in [0.25, 0.3) is 5.24 Å². The van der Waals surface area contributed by atoms with E-state index in [1.807, 2.05) is 36.4 Å². The van der Waals surface area contributed by atoms with E-state index >= 15 is 0 Å². The highest BCUT2D eigenvalue weighted by molar-refractivity contribution is 14.1. The molecule has 0 spiro atoms. The van der Waals surface area contributed by atoms with Crippen LogP contribution in [0.5, 0.6) is 0 Å². The molecule has 0 aromatic heterocycles. The predicted molar refractivity (Wildman–Crippen MR) is 128 cm³/mol. The molecule has 2 aromatic carbocycles. The second-order valence-corrected chi connectivity index (χ2v) is 9.80. The molecule has 32 heavy (non-hydrogen) atoms. The summed E-state index contributed by atoms with van der Waals surface area (Å²) in [5.41, 5.74) is 3.82. The van der Waals surface area contributed by atoms with E-state index in [1.54, 1.807) is 14.1 Å². The van der Waals surface area contributed by atoms with Crippen molar-refractivity contribution in [2.75, 3.05) is 32.5 Å². The van der Waals surface area contributed by atoms with Crippen molar-refractivity contribution in [3.8, 4) is 0 Å². The quantitative estimate of drug-likeness (QED) is 0.403. The maximum Gasteiger partial charge on any atom is 0.471 e. The molecule has 1 N–H and O–H groups in total. The minimum absolute atomic E-state index is 0.0337. The summed E-state index contributed by atoms with van der Waals surface area (Å²) in [6.45, 7) is 0.617. The van der Waals surface area contributed by atoms with E-state index in [0.29, 0.717) is 19.4 Å². The lowest BCUT2D eigenvalue weighted by molar-refractivity contribution is -0.185. The Kier molecular flexibility index (Phi) is 7.97. The number of nitrogens with one attached hydrogen (secondary N) is 1. The van der Waals surface area contributed by atoms with Gasteiger partial charge >= 0.3 is 12.1 Å². The largest absolute Gasteiger partial charge is 0.471 e. The summed E-state index contributed by atoms with van der Waals surface area (Å²) in [7, 11) is 3.41. The molecule has 1 aliphatic heterocycles. The summed E-state index contributed by atoms with van der Waals surface area (Å²) in [6.07, 6.45) is -4.11. The molecule has 0 atom stereocenters. The van der Waals surface area contributed by atoms with Gasteiger partial charge in [-0.3, -0.25) is 9.59 Å². The lowest BCUT2D eigenvalue weighted by Gasteiger charge is -2.21. The van der Waals surface area contributed by atoms with E-state index in [9.17, 15) is 22.8 Å². The van der Waals surface area contributed by atoms with Crippen LogP contribution in [-0.4, -0.2) is 54.3 Å². The molecule has 1 heterocycles. The van der Waals surface area contributed by atoms with Crippen LogP contribution in [-0.2, 0) is 24.2 Å². The number of amides is 2. The van der Waals surface area contributed by atoms with Crippen LogP contribution in [0.4, 0.5) is 23.7 Å². The first kappa shape index (κ1) is 24.7. The van der Waals surface area contributed by atoms with E-state index in [4.69, 9.17) is 0 Å². The first-order valence-electron chi connectivity index (χ1n) is 9.94. The number of benzene rings is 2. The summed E-state index contributed by atoms with van der Waals surface area (Å²) in [4.78, 5) is 26.8. The number of carbonyl (C=O) groups is 2. The summed E-state index contributed by atoms with van der Waals surface area (Å²) in [6, 6.07) is 11.5. The van der Waals surface area contributed by atoms with Gasteiger partial charge in [0, 0.05) is 42.2 Å². The van der Waals surface area contributed by atoms with Gasteiger partial charge in [0.05, 0.1) is 5.69 Å². The molecule has 3 rings (SSSR count). The average Bonchev–Trinajstić information content (AvgIpc) is 2.95. The average molecular weight is 577 g/mol. The second-order valence-electron chi connectivity index (χ2n) is 7.61. The molecule has 1 aliphatic rings. The number of fused-ring (bicyclic) bond motifs is 1. The van der Waals surface area contributed by atoms with E-state index in [0.717, 1.165) is 47.5 Å². The Hall–Kier alpha value is -1.95. The molecule has 0 aliphatic carbocycles. The topological polar surface area (TPSA) is 52.7 Å². The zero-order chi connectivity index (χ0) is 23.5. The van der Waals surface area contributed by atoms with Crippen molar-refractivity contribution in [3.05, 3.63) is 56.7 Å². The predicted octanol–water partition coefficient (Wildman–Crippen LogP) is 5.17. The summed E-state index contributed by atoms with van der Waals surface area (Å²) >= 11 is 3.36. The third-order valence-corrected chi connectivity index (χ3v) is 7.08. The van der Waals surface area contributed by atoms with Crippen molar-refractivity contribution < 1.29 is 22.8 Å². The molecular weight excluding hydrogens is 554 g/mol. The highest BCUT2D eigenvalue weighted by atomic mass is 127. The second kappa shape index (κ2) is 10.3. The van der Waals surface area contributed by atoms with Crippen molar-refractivity contribution >= 4 is 51.2 Å². The minimum atomic E-state index is -4.85. The zero-order valence-corrected chi connectivity index (χ0v) is 20.6. The Morgan fingerprint density at radius 1 is 1.09 bits per heavy atom. The lowest BCUT2D eigenvalue weighted by Crippen LogP contribution is -2.42. The van der Waals surface area contributed by atoms with Crippen LogP contribution in [0.25, 0.3) is 0 Å². The van der Waals surface area contributed by atoms with Crippen LogP contribution in [0.2, 0.25) is 0 Å². The van der Waals surface area contributed by atoms with Crippen LogP contribution in [0.15, 0.2) is 41.3 Å². The Labute approximate surface area is 202 Å². The normalized spacial score (nSPS) is 13.9.